The van der Waals surface area contributed by atoms with E-state index in [0.717, 1.165) is 0 Å². The Morgan fingerprint density at radius 2 is 1.76 bits per heavy atom. The minimum Gasteiger partial charge on any atom is -0.434 e. The van der Waals surface area contributed by atoms with Crippen LogP contribution in [-0.2, 0) is 21.3 Å². The number of hydrogen-bond acceptors (Lipinski definition) is 5. The SMILES string of the molecule is O=C(NCc1ccccc1S(=O)(=O)N1CCOCC1)c1ccccc1OC(F)F. The number of nitrogens with one attached hydrogen (secondary N) is 1. The van der Waals surface area contributed by atoms with Crippen LogP contribution in [0.1, 0.15) is 15.9 Å². The van der Waals surface area contributed by atoms with Crippen LogP contribution in [0.5, 0.6) is 5.75 Å². The normalized spacial score (nSPS) is 15.3. The smallest absolute Gasteiger partial charge is 0.387 e. The summed E-state index contributed by atoms with van der Waals surface area (Å²) in [6.07, 6.45) is 0. The first-order valence-electron chi connectivity index (χ1n) is 8.87. The van der Waals surface area contributed by atoms with Gasteiger partial charge in [-0.3, -0.25) is 4.79 Å². The molecule has 0 aliphatic carbocycles. The van der Waals surface area contributed by atoms with Gasteiger partial charge >= 0.3 is 6.61 Å². The molecule has 3 rings (SSSR count). The number of carbonyl (C=O) groups is 1. The Hall–Kier alpha value is -2.56. The number of carbonyl (C=O) groups excluding carboxylic acids is 1. The minimum absolute atomic E-state index is 0.0682. The Morgan fingerprint density at radius 3 is 2.48 bits per heavy atom. The molecule has 29 heavy (non-hydrogen) atoms. The molecule has 1 aliphatic heterocycles. The highest BCUT2D eigenvalue weighted by Crippen LogP contribution is 2.23. The number of morpholine rings is 1. The number of halogens is 2. The molecule has 1 aliphatic rings. The Bertz CT molecular complexity index is 963. The van der Waals surface area contributed by atoms with Crippen LogP contribution in [0.3, 0.4) is 0 Å². The minimum atomic E-state index is -3.75. The van der Waals surface area contributed by atoms with Gasteiger partial charge in [-0.1, -0.05) is 30.3 Å². The predicted molar refractivity (Wildman–Crippen MR) is 100 cm³/mol. The van der Waals surface area contributed by atoms with Gasteiger partial charge in [0.2, 0.25) is 10.0 Å². The zero-order valence-corrected chi connectivity index (χ0v) is 16.2. The molecule has 7 nitrogen and oxygen atoms in total. The van der Waals surface area contributed by atoms with E-state index >= 15 is 0 Å². The summed E-state index contributed by atoms with van der Waals surface area (Å²) >= 11 is 0. The number of nitrogens with zero attached hydrogens (tertiary/aromatic N) is 1. The number of rotatable bonds is 7. The van der Waals surface area contributed by atoms with Crippen LogP contribution in [0, 0.1) is 0 Å². The van der Waals surface area contributed by atoms with Gasteiger partial charge in [-0.05, 0) is 23.8 Å². The van der Waals surface area contributed by atoms with Crippen molar-refractivity contribution >= 4 is 15.9 Å². The molecule has 156 valence electrons. The third-order valence-electron chi connectivity index (χ3n) is 4.35. The van der Waals surface area contributed by atoms with Crippen molar-refractivity contribution in [1.29, 1.82) is 0 Å². The fourth-order valence-electron chi connectivity index (χ4n) is 2.95. The summed E-state index contributed by atoms with van der Waals surface area (Å²) in [5, 5.41) is 2.57. The van der Waals surface area contributed by atoms with Crippen molar-refractivity contribution < 1.29 is 31.5 Å². The quantitative estimate of drug-likeness (QED) is 0.734. The molecule has 1 fully saturated rings. The number of hydrogen-bond donors (Lipinski definition) is 1. The van der Waals surface area contributed by atoms with Crippen molar-refractivity contribution in [1.82, 2.24) is 9.62 Å². The molecule has 2 aromatic rings. The lowest BCUT2D eigenvalue weighted by Crippen LogP contribution is -2.41. The topological polar surface area (TPSA) is 84.9 Å². The molecule has 10 heteroatoms. The second kappa shape index (κ2) is 9.29. The maximum atomic E-state index is 13.0. The van der Waals surface area contributed by atoms with E-state index in [1.54, 1.807) is 18.2 Å². The van der Waals surface area contributed by atoms with Crippen LogP contribution >= 0.6 is 0 Å². The fraction of sp³-hybridized carbons (Fsp3) is 0.316. The Labute approximate surface area is 167 Å². The molecule has 0 spiro atoms. The average Bonchev–Trinajstić information content (AvgIpc) is 2.73. The number of amides is 1. The van der Waals surface area contributed by atoms with Crippen molar-refractivity contribution in [3.8, 4) is 5.75 Å². The van der Waals surface area contributed by atoms with E-state index in [9.17, 15) is 22.0 Å². The molecule has 1 saturated heterocycles. The molecule has 1 amide bonds. The summed E-state index contributed by atoms with van der Waals surface area (Å²) in [5.74, 6) is -0.908. The third kappa shape index (κ3) is 5.08. The monoisotopic (exact) mass is 426 g/mol. The lowest BCUT2D eigenvalue weighted by Gasteiger charge is -2.27. The van der Waals surface area contributed by atoms with Gasteiger partial charge in [-0.15, -0.1) is 0 Å². The maximum Gasteiger partial charge on any atom is 0.387 e. The Kier molecular flexibility index (Phi) is 6.78. The number of alkyl halides is 2. The standard InChI is InChI=1S/C19H20F2N2O5S/c20-19(21)28-16-7-3-2-6-15(16)18(24)22-13-14-5-1-4-8-17(14)29(25,26)23-9-11-27-12-10-23/h1-8,19H,9-13H2,(H,22,24). The van der Waals surface area contributed by atoms with Gasteiger partial charge in [0.15, 0.2) is 0 Å². The Balaban J connectivity index is 1.78. The fourth-order valence-corrected chi connectivity index (χ4v) is 4.58. The second-order valence-corrected chi connectivity index (χ2v) is 8.09. The largest absolute Gasteiger partial charge is 0.434 e. The van der Waals surface area contributed by atoms with Gasteiger partial charge in [-0.2, -0.15) is 13.1 Å². The molecular formula is C19H20F2N2O5S. The van der Waals surface area contributed by atoms with Gasteiger partial charge in [0.1, 0.15) is 5.75 Å². The molecule has 2 aromatic carbocycles. The van der Waals surface area contributed by atoms with Gasteiger partial charge in [0.25, 0.3) is 5.91 Å². The first kappa shape index (κ1) is 21.2. The van der Waals surface area contributed by atoms with Crippen molar-refractivity contribution in [2.45, 2.75) is 18.1 Å². The Morgan fingerprint density at radius 1 is 1.10 bits per heavy atom. The molecule has 0 unspecified atom stereocenters. The summed E-state index contributed by atoms with van der Waals surface area (Å²) in [6, 6.07) is 11.9. The lowest BCUT2D eigenvalue weighted by atomic mass is 10.1. The first-order valence-corrected chi connectivity index (χ1v) is 10.3. The van der Waals surface area contributed by atoms with Crippen LogP contribution in [0.15, 0.2) is 53.4 Å². The van der Waals surface area contributed by atoms with Crippen LogP contribution in [0.4, 0.5) is 8.78 Å². The highest BCUT2D eigenvalue weighted by Gasteiger charge is 2.28. The van der Waals surface area contributed by atoms with E-state index in [-0.39, 0.29) is 35.8 Å². The molecule has 0 aromatic heterocycles. The van der Waals surface area contributed by atoms with E-state index in [0.29, 0.717) is 18.8 Å². The molecule has 0 atom stereocenters. The average molecular weight is 426 g/mol. The summed E-state index contributed by atoms with van der Waals surface area (Å²) < 4.78 is 61.9. The highest BCUT2D eigenvalue weighted by atomic mass is 32.2. The molecule has 0 bridgehead atoms. The molecular weight excluding hydrogens is 406 g/mol. The number of benzene rings is 2. The van der Waals surface area contributed by atoms with Gasteiger partial charge in [0, 0.05) is 19.6 Å². The predicted octanol–water partition coefficient (Wildman–Crippen LogP) is 2.24. The summed E-state index contributed by atoms with van der Waals surface area (Å²) in [7, 11) is -3.75. The van der Waals surface area contributed by atoms with E-state index in [2.05, 4.69) is 10.1 Å². The zero-order chi connectivity index (χ0) is 20.9. The van der Waals surface area contributed by atoms with Crippen LogP contribution in [-0.4, -0.2) is 51.5 Å². The molecule has 1 heterocycles. The number of sulfonamides is 1. The van der Waals surface area contributed by atoms with Gasteiger partial charge in [-0.25, -0.2) is 8.42 Å². The zero-order valence-electron chi connectivity index (χ0n) is 15.4. The van der Waals surface area contributed by atoms with Crippen molar-refractivity contribution in [3.05, 3.63) is 59.7 Å². The van der Waals surface area contributed by atoms with Crippen LogP contribution in [0.2, 0.25) is 0 Å². The van der Waals surface area contributed by atoms with Crippen molar-refractivity contribution in [2.24, 2.45) is 0 Å². The molecule has 1 N–H and O–H groups in total. The third-order valence-corrected chi connectivity index (χ3v) is 6.35. The summed E-state index contributed by atoms with van der Waals surface area (Å²) in [5.41, 5.74) is 0.320. The van der Waals surface area contributed by atoms with Gasteiger partial charge < -0.3 is 14.8 Å². The molecule has 0 radical (unpaired) electrons. The lowest BCUT2D eigenvalue weighted by molar-refractivity contribution is -0.0501. The van der Waals surface area contributed by atoms with E-state index in [4.69, 9.17) is 4.74 Å². The summed E-state index contributed by atoms with van der Waals surface area (Å²) in [4.78, 5) is 12.6. The maximum absolute atomic E-state index is 13.0. The summed E-state index contributed by atoms with van der Waals surface area (Å²) in [6.45, 7) is -2.02. The van der Waals surface area contributed by atoms with Crippen LogP contribution < -0.4 is 10.1 Å². The highest BCUT2D eigenvalue weighted by molar-refractivity contribution is 7.89. The number of ether oxygens (including phenoxy) is 2. The first-order chi connectivity index (χ1) is 13.9. The van der Waals surface area contributed by atoms with Gasteiger partial charge in [0.05, 0.1) is 23.7 Å². The van der Waals surface area contributed by atoms with Crippen LogP contribution in [0.25, 0.3) is 0 Å². The van der Waals surface area contributed by atoms with E-state index in [1.807, 2.05) is 0 Å². The number of para-hydroxylation sites is 1. The van der Waals surface area contributed by atoms with E-state index < -0.39 is 22.5 Å². The van der Waals surface area contributed by atoms with E-state index in [1.165, 1.54) is 34.6 Å². The second-order valence-electron chi connectivity index (χ2n) is 6.18. The van der Waals surface area contributed by atoms with Crippen molar-refractivity contribution in [3.63, 3.8) is 0 Å². The molecule has 0 saturated carbocycles. The van der Waals surface area contributed by atoms with Crippen molar-refractivity contribution in [2.75, 3.05) is 26.3 Å².